The fourth-order valence-corrected chi connectivity index (χ4v) is 2.33. The van der Waals surface area contributed by atoms with Gasteiger partial charge in [-0.05, 0) is 31.5 Å². The Balaban J connectivity index is 2.19. The van der Waals surface area contributed by atoms with Gasteiger partial charge in [0.2, 0.25) is 0 Å². The number of amides is 1. The number of aryl methyl sites for hydroxylation is 2. The Bertz CT molecular complexity index is 441. The lowest BCUT2D eigenvalue weighted by molar-refractivity contribution is 0.0575. The number of aliphatic hydroxyl groups is 1. The zero-order valence-corrected chi connectivity index (χ0v) is 11.0. The maximum absolute atomic E-state index is 12.3. The highest BCUT2D eigenvalue weighted by Gasteiger charge is 2.31. The molecule has 5 nitrogen and oxygen atoms in total. The normalized spacial score (nSPS) is 23.1. The summed E-state index contributed by atoms with van der Waals surface area (Å²) in [7, 11) is 1.71. The summed E-state index contributed by atoms with van der Waals surface area (Å²) in [6.07, 6.45) is -0.509. The second kappa shape index (κ2) is 5.04. The Labute approximate surface area is 107 Å². The molecule has 18 heavy (non-hydrogen) atoms. The second-order valence-electron chi connectivity index (χ2n) is 4.88. The van der Waals surface area contributed by atoms with Crippen LogP contribution in [0.4, 0.5) is 0 Å². The summed E-state index contributed by atoms with van der Waals surface area (Å²) in [6, 6.07) is 3.53. The van der Waals surface area contributed by atoms with Crippen LogP contribution in [0.2, 0.25) is 0 Å². The largest absolute Gasteiger partial charge is 0.390 e. The van der Waals surface area contributed by atoms with Gasteiger partial charge in [-0.2, -0.15) is 0 Å². The first-order valence-corrected chi connectivity index (χ1v) is 6.10. The van der Waals surface area contributed by atoms with Crippen LogP contribution in [-0.4, -0.2) is 53.2 Å². The summed E-state index contributed by atoms with van der Waals surface area (Å²) in [5.41, 5.74) is 2.29. The SMILES string of the molecule is Cc1cc(C)nc(C(=O)N(C)[C@H]2CNC[C@@H]2O)c1. The van der Waals surface area contributed by atoms with Gasteiger partial charge < -0.3 is 15.3 Å². The number of aliphatic hydroxyl groups excluding tert-OH is 1. The molecule has 98 valence electrons. The number of rotatable bonds is 2. The molecule has 0 aliphatic carbocycles. The van der Waals surface area contributed by atoms with Gasteiger partial charge in [0.05, 0.1) is 12.1 Å². The number of carbonyl (C=O) groups excluding carboxylic acids is 1. The Hall–Kier alpha value is -1.46. The van der Waals surface area contributed by atoms with Crippen LogP contribution in [0.1, 0.15) is 21.7 Å². The molecule has 1 aromatic rings. The highest BCUT2D eigenvalue weighted by atomic mass is 16.3. The van der Waals surface area contributed by atoms with E-state index in [2.05, 4.69) is 10.3 Å². The first-order valence-electron chi connectivity index (χ1n) is 6.10. The van der Waals surface area contributed by atoms with Crippen LogP contribution in [0.3, 0.4) is 0 Å². The molecule has 5 heteroatoms. The standard InChI is InChI=1S/C13H19N3O2/c1-8-4-9(2)15-10(5-8)13(18)16(3)11-6-14-7-12(11)17/h4-5,11-12,14,17H,6-7H2,1-3H3/t11-,12-/m0/s1. The molecule has 1 saturated heterocycles. The molecule has 2 N–H and O–H groups in total. The fourth-order valence-electron chi connectivity index (χ4n) is 2.33. The van der Waals surface area contributed by atoms with Gasteiger partial charge in [-0.1, -0.05) is 0 Å². The molecular weight excluding hydrogens is 230 g/mol. The Morgan fingerprint density at radius 1 is 1.44 bits per heavy atom. The van der Waals surface area contributed by atoms with Gasteiger partial charge in [0.15, 0.2) is 0 Å². The number of β-amino-alcohol motifs (C(OH)–C–C–N with tert-alkyl or cyclic N) is 1. The van der Waals surface area contributed by atoms with E-state index in [1.807, 2.05) is 19.9 Å². The average molecular weight is 249 g/mol. The van der Waals surface area contributed by atoms with Gasteiger partial charge in [-0.15, -0.1) is 0 Å². The lowest BCUT2D eigenvalue weighted by Crippen LogP contribution is -2.44. The van der Waals surface area contributed by atoms with Crippen LogP contribution in [0.25, 0.3) is 0 Å². The molecule has 0 bridgehead atoms. The Morgan fingerprint density at radius 3 is 2.72 bits per heavy atom. The van der Waals surface area contributed by atoms with Crippen molar-refractivity contribution in [2.24, 2.45) is 0 Å². The van der Waals surface area contributed by atoms with Crippen LogP contribution in [-0.2, 0) is 0 Å². The molecule has 2 heterocycles. The van der Waals surface area contributed by atoms with E-state index in [1.165, 1.54) is 0 Å². The minimum atomic E-state index is -0.509. The molecule has 1 aliphatic heterocycles. The average Bonchev–Trinajstić information content (AvgIpc) is 2.72. The van der Waals surface area contributed by atoms with Gasteiger partial charge in [0.1, 0.15) is 5.69 Å². The van der Waals surface area contributed by atoms with Gasteiger partial charge in [-0.25, -0.2) is 4.98 Å². The molecule has 1 fully saturated rings. The number of carbonyl (C=O) groups is 1. The summed E-state index contributed by atoms with van der Waals surface area (Å²) in [6.45, 7) is 4.96. The summed E-state index contributed by atoms with van der Waals surface area (Å²) >= 11 is 0. The molecule has 0 saturated carbocycles. The van der Waals surface area contributed by atoms with E-state index in [-0.39, 0.29) is 11.9 Å². The molecule has 1 aliphatic rings. The van der Waals surface area contributed by atoms with Crippen LogP contribution < -0.4 is 5.32 Å². The van der Waals surface area contributed by atoms with Crippen LogP contribution >= 0.6 is 0 Å². The number of nitrogens with zero attached hydrogens (tertiary/aromatic N) is 2. The minimum Gasteiger partial charge on any atom is -0.390 e. The van der Waals surface area contributed by atoms with Crippen molar-refractivity contribution >= 4 is 5.91 Å². The van der Waals surface area contributed by atoms with E-state index in [9.17, 15) is 9.90 Å². The topological polar surface area (TPSA) is 65.5 Å². The Kier molecular flexibility index (Phi) is 3.63. The fraction of sp³-hybridized carbons (Fsp3) is 0.538. The van der Waals surface area contributed by atoms with Gasteiger partial charge in [0, 0.05) is 25.8 Å². The van der Waals surface area contributed by atoms with E-state index in [0.717, 1.165) is 11.3 Å². The molecule has 2 rings (SSSR count). The van der Waals surface area contributed by atoms with Gasteiger partial charge in [-0.3, -0.25) is 4.79 Å². The lowest BCUT2D eigenvalue weighted by atomic mass is 10.1. The summed E-state index contributed by atoms with van der Waals surface area (Å²) < 4.78 is 0. The smallest absolute Gasteiger partial charge is 0.272 e. The van der Waals surface area contributed by atoms with E-state index in [1.54, 1.807) is 18.0 Å². The number of hydrogen-bond donors (Lipinski definition) is 2. The highest BCUT2D eigenvalue weighted by molar-refractivity contribution is 5.92. The number of nitrogens with one attached hydrogen (secondary N) is 1. The van der Waals surface area contributed by atoms with E-state index < -0.39 is 6.10 Å². The third-order valence-corrected chi connectivity index (χ3v) is 3.29. The van der Waals surface area contributed by atoms with Crippen molar-refractivity contribution in [3.05, 3.63) is 29.1 Å². The van der Waals surface area contributed by atoms with Crippen molar-refractivity contribution in [2.75, 3.05) is 20.1 Å². The first-order chi connectivity index (χ1) is 8.49. The van der Waals surface area contributed by atoms with Crippen LogP contribution in [0.15, 0.2) is 12.1 Å². The van der Waals surface area contributed by atoms with E-state index in [4.69, 9.17) is 0 Å². The molecule has 0 unspecified atom stereocenters. The Morgan fingerprint density at radius 2 is 2.17 bits per heavy atom. The first kappa shape index (κ1) is 13.0. The van der Waals surface area contributed by atoms with E-state index >= 15 is 0 Å². The third-order valence-electron chi connectivity index (χ3n) is 3.29. The molecule has 1 amide bonds. The summed E-state index contributed by atoms with van der Waals surface area (Å²) in [5.74, 6) is -0.144. The summed E-state index contributed by atoms with van der Waals surface area (Å²) in [4.78, 5) is 18.1. The predicted octanol–water partition coefficient (Wildman–Crippen LogP) is 0.103. The molecule has 0 spiro atoms. The minimum absolute atomic E-state index is 0.144. The highest BCUT2D eigenvalue weighted by Crippen LogP contribution is 2.12. The molecule has 2 atom stereocenters. The predicted molar refractivity (Wildman–Crippen MR) is 68.5 cm³/mol. The van der Waals surface area contributed by atoms with Crippen molar-refractivity contribution in [3.63, 3.8) is 0 Å². The third kappa shape index (κ3) is 2.52. The maximum atomic E-state index is 12.3. The lowest BCUT2D eigenvalue weighted by Gasteiger charge is -2.26. The second-order valence-corrected chi connectivity index (χ2v) is 4.88. The zero-order valence-electron chi connectivity index (χ0n) is 11.0. The van der Waals surface area contributed by atoms with Crippen molar-refractivity contribution in [1.29, 1.82) is 0 Å². The number of hydrogen-bond acceptors (Lipinski definition) is 4. The van der Waals surface area contributed by atoms with Gasteiger partial charge >= 0.3 is 0 Å². The van der Waals surface area contributed by atoms with Crippen molar-refractivity contribution < 1.29 is 9.90 Å². The monoisotopic (exact) mass is 249 g/mol. The van der Waals surface area contributed by atoms with E-state index in [0.29, 0.717) is 18.8 Å². The van der Waals surface area contributed by atoms with Gasteiger partial charge in [0.25, 0.3) is 5.91 Å². The molecule has 1 aromatic heterocycles. The molecule has 0 radical (unpaired) electrons. The molecular formula is C13H19N3O2. The number of pyridine rings is 1. The quantitative estimate of drug-likeness (QED) is 0.780. The van der Waals surface area contributed by atoms with Crippen LogP contribution in [0.5, 0.6) is 0 Å². The zero-order chi connectivity index (χ0) is 13.3. The maximum Gasteiger partial charge on any atom is 0.272 e. The summed E-state index contributed by atoms with van der Waals surface area (Å²) in [5, 5.41) is 12.9. The van der Waals surface area contributed by atoms with Crippen LogP contribution in [0, 0.1) is 13.8 Å². The van der Waals surface area contributed by atoms with Crippen molar-refractivity contribution in [2.45, 2.75) is 26.0 Å². The molecule has 0 aromatic carbocycles. The number of aromatic nitrogens is 1. The number of likely N-dealkylation sites (N-methyl/N-ethyl adjacent to an activating group) is 1. The van der Waals surface area contributed by atoms with Crippen molar-refractivity contribution in [1.82, 2.24) is 15.2 Å². The van der Waals surface area contributed by atoms with Crippen molar-refractivity contribution in [3.8, 4) is 0 Å².